The molecule has 0 bridgehead atoms. The van der Waals surface area contributed by atoms with Crippen molar-refractivity contribution < 1.29 is 19.1 Å². The lowest BCUT2D eigenvalue weighted by atomic mass is 10.2. The summed E-state index contributed by atoms with van der Waals surface area (Å²) in [6.45, 7) is 2.52. The van der Waals surface area contributed by atoms with Gasteiger partial charge in [0.05, 0.1) is 11.6 Å². The molecule has 2 aromatic rings. The highest BCUT2D eigenvalue weighted by Crippen LogP contribution is 2.27. The number of ether oxygens (including phenoxy) is 2. The molecule has 0 saturated heterocycles. The van der Waals surface area contributed by atoms with Crippen molar-refractivity contribution in [2.45, 2.75) is 39.0 Å². The zero-order valence-electron chi connectivity index (χ0n) is 18.3. The van der Waals surface area contributed by atoms with E-state index in [9.17, 15) is 9.59 Å². The van der Waals surface area contributed by atoms with Crippen LogP contribution in [0.15, 0.2) is 42.5 Å². The van der Waals surface area contributed by atoms with E-state index in [-0.39, 0.29) is 16.7 Å². The summed E-state index contributed by atoms with van der Waals surface area (Å²) in [5.41, 5.74) is 5.18. The minimum atomic E-state index is -0.520. The summed E-state index contributed by atoms with van der Waals surface area (Å²) in [7, 11) is 0. The number of thiocarbonyl (C=S) groups is 1. The van der Waals surface area contributed by atoms with Crippen molar-refractivity contribution in [2.24, 2.45) is 0 Å². The third-order valence-corrected chi connectivity index (χ3v) is 5.16. The Hall–Kier alpha value is -2.55. The van der Waals surface area contributed by atoms with Gasteiger partial charge in [0.15, 0.2) is 11.7 Å². The van der Waals surface area contributed by atoms with E-state index in [2.05, 4.69) is 23.1 Å². The molecule has 2 rings (SSSR count). The molecule has 0 radical (unpaired) electrons. The number of carbonyl (C=O) groups is 2. The molecule has 0 aliphatic rings. The molecule has 2 amide bonds. The van der Waals surface area contributed by atoms with Crippen molar-refractivity contribution >= 4 is 52.3 Å². The first kappa shape index (κ1) is 26.7. The predicted octanol–water partition coefficient (Wildman–Crippen LogP) is 5.06. The summed E-state index contributed by atoms with van der Waals surface area (Å²) < 4.78 is 11.0. The molecule has 178 valence electrons. The fraction of sp³-hybridized carbons (Fsp3) is 0.348. The van der Waals surface area contributed by atoms with E-state index in [0.717, 1.165) is 12.8 Å². The van der Waals surface area contributed by atoms with Crippen LogP contribution in [0.2, 0.25) is 10.0 Å². The fourth-order valence-electron chi connectivity index (χ4n) is 2.70. The van der Waals surface area contributed by atoms with Gasteiger partial charge in [-0.3, -0.25) is 25.8 Å². The van der Waals surface area contributed by atoms with Gasteiger partial charge in [0, 0.05) is 10.6 Å². The van der Waals surface area contributed by atoms with Crippen molar-refractivity contribution in [2.75, 3.05) is 13.2 Å². The first-order valence-electron chi connectivity index (χ1n) is 10.6. The average Bonchev–Trinajstić information content (AvgIpc) is 2.79. The zero-order chi connectivity index (χ0) is 24.1. The molecule has 0 aliphatic carbocycles. The Balaban J connectivity index is 1.67. The number of rotatable bonds is 11. The molecule has 33 heavy (non-hydrogen) atoms. The molecule has 7 nitrogen and oxygen atoms in total. The molecule has 2 aromatic carbocycles. The molecular formula is C23H27Cl2N3O4S. The second-order valence-electron chi connectivity index (χ2n) is 7.11. The highest BCUT2D eigenvalue weighted by atomic mass is 35.5. The van der Waals surface area contributed by atoms with E-state index in [1.807, 2.05) is 0 Å². The van der Waals surface area contributed by atoms with Gasteiger partial charge in [0.25, 0.3) is 11.8 Å². The third kappa shape index (κ3) is 10.3. The summed E-state index contributed by atoms with van der Waals surface area (Å²) in [5.74, 6) is 0.0812. The first-order chi connectivity index (χ1) is 15.9. The van der Waals surface area contributed by atoms with Crippen LogP contribution in [0.4, 0.5) is 0 Å². The standard InChI is InChI=1S/C23H27Cl2N3O4S/c1-2-3-4-5-6-13-31-18-10-7-16(8-11-18)22(30)26-23(33)28-27-21(29)15-32-20-12-9-17(24)14-19(20)25/h7-12,14H,2-6,13,15H2,1H3,(H,27,29)(H2,26,28,30,33). The first-order valence-corrected chi connectivity index (χ1v) is 11.8. The molecule has 0 spiro atoms. The van der Waals surface area contributed by atoms with Gasteiger partial charge in [-0.25, -0.2) is 0 Å². The lowest BCUT2D eigenvalue weighted by Gasteiger charge is -2.12. The predicted molar refractivity (Wildman–Crippen MR) is 134 cm³/mol. The lowest BCUT2D eigenvalue weighted by Crippen LogP contribution is -2.49. The van der Waals surface area contributed by atoms with Crippen LogP contribution in [0.3, 0.4) is 0 Å². The maximum atomic E-state index is 12.3. The van der Waals surface area contributed by atoms with Gasteiger partial charge in [-0.15, -0.1) is 0 Å². The minimum Gasteiger partial charge on any atom is -0.494 e. The van der Waals surface area contributed by atoms with Gasteiger partial charge in [0.2, 0.25) is 0 Å². The lowest BCUT2D eigenvalue weighted by molar-refractivity contribution is -0.123. The Kier molecular flexibility index (Phi) is 11.8. The minimum absolute atomic E-state index is 0.0646. The summed E-state index contributed by atoms with van der Waals surface area (Å²) >= 11 is 16.8. The van der Waals surface area contributed by atoms with Crippen LogP contribution in [0.25, 0.3) is 0 Å². The second-order valence-corrected chi connectivity index (χ2v) is 8.36. The summed E-state index contributed by atoms with van der Waals surface area (Å²) in [4.78, 5) is 24.2. The average molecular weight is 512 g/mol. The fourth-order valence-corrected chi connectivity index (χ4v) is 3.31. The summed E-state index contributed by atoms with van der Waals surface area (Å²) in [6, 6.07) is 11.4. The number of carbonyl (C=O) groups excluding carboxylic acids is 2. The number of nitrogens with one attached hydrogen (secondary N) is 3. The summed E-state index contributed by atoms with van der Waals surface area (Å²) in [5, 5.41) is 3.16. The monoisotopic (exact) mass is 511 g/mol. The SMILES string of the molecule is CCCCCCCOc1ccc(C(=O)NC(=S)NNC(=O)COc2ccc(Cl)cc2Cl)cc1. The van der Waals surface area contributed by atoms with Crippen molar-refractivity contribution in [3.63, 3.8) is 0 Å². The van der Waals surface area contributed by atoms with Gasteiger partial charge in [-0.05, 0) is 61.1 Å². The van der Waals surface area contributed by atoms with E-state index in [4.69, 9.17) is 44.9 Å². The Bertz CT molecular complexity index is 942. The normalized spacial score (nSPS) is 10.3. The van der Waals surface area contributed by atoms with Crippen LogP contribution in [0.1, 0.15) is 49.4 Å². The van der Waals surface area contributed by atoms with Crippen LogP contribution in [0.5, 0.6) is 11.5 Å². The number of hydrazine groups is 1. The third-order valence-electron chi connectivity index (χ3n) is 4.43. The molecule has 10 heteroatoms. The van der Waals surface area contributed by atoms with Crippen LogP contribution in [0, 0.1) is 0 Å². The van der Waals surface area contributed by atoms with Crippen LogP contribution in [-0.4, -0.2) is 30.1 Å². The van der Waals surface area contributed by atoms with Gasteiger partial charge >= 0.3 is 0 Å². The van der Waals surface area contributed by atoms with Crippen LogP contribution in [-0.2, 0) is 4.79 Å². The Morgan fingerprint density at radius 1 is 0.939 bits per heavy atom. The van der Waals surface area contributed by atoms with E-state index in [1.165, 1.54) is 25.3 Å². The smallest absolute Gasteiger partial charge is 0.276 e. The van der Waals surface area contributed by atoms with E-state index in [1.54, 1.807) is 36.4 Å². The molecule has 0 fully saturated rings. The van der Waals surface area contributed by atoms with E-state index in [0.29, 0.717) is 28.7 Å². The van der Waals surface area contributed by atoms with Gasteiger partial charge in [-0.1, -0.05) is 55.8 Å². The Morgan fingerprint density at radius 2 is 1.67 bits per heavy atom. The zero-order valence-corrected chi connectivity index (χ0v) is 20.6. The molecule has 0 aliphatic heterocycles. The van der Waals surface area contributed by atoms with Crippen molar-refractivity contribution in [1.82, 2.24) is 16.2 Å². The van der Waals surface area contributed by atoms with E-state index < -0.39 is 11.8 Å². The largest absolute Gasteiger partial charge is 0.494 e. The number of hydrogen-bond donors (Lipinski definition) is 3. The Labute approximate surface area is 209 Å². The number of hydrogen-bond acceptors (Lipinski definition) is 5. The van der Waals surface area contributed by atoms with Gasteiger partial charge in [-0.2, -0.15) is 0 Å². The second kappa shape index (κ2) is 14.6. The molecule has 0 saturated carbocycles. The number of amides is 2. The quantitative estimate of drug-likeness (QED) is 0.222. The summed E-state index contributed by atoms with van der Waals surface area (Å²) in [6.07, 6.45) is 5.83. The highest BCUT2D eigenvalue weighted by molar-refractivity contribution is 7.80. The van der Waals surface area contributed by atoms with Crippen molar-refractivity contribution in [1.29, 1.82) is 0 Å². The maximum absolute atomic E-state index is 12.3. The maximum Gasteiger partial charge on any atom is 0.276 e. The Morgan fingerprint density at radius 3 is 2.36 bits per heavy atom. The number of benzene rings is 2. The van der Waals surface area contributed by atoms with Gasteiger partial charge < -0.3 is 9.47 Å². The van der Waals surface area contributed by atoms with Crippen LogP contribution < -0.4 is 25.6 Å². The molecule has 0 unspecified atom stereocenters. The molecule has 0 heterocycles. The van der Waals surface area contributed by atoms with Crippen molar-refractivity contribution in [3.05, 3.63) is 58.1 Å². The van der Waals surface area contributed by atoms with Crippen LogP contribution >= 0.6 is 35.4 Å². The van der Waals surface area contributed by atoms with Crippen molar-refractivity contribution in [3.8, 4) is 11.5 Å². The topological polar surface area (TPSA) is 88.7 Å². The highest BCUT2D eigenvalue weighted by Gasteiger charge is 2.10. The van der Waals surface area contributed by atoms with Gasteiger partial charge in [0.1, 0.15) is 11.5 Å². The molecule has 0 aromatic heterocycles. The molecular weight excluding hydrogens is 485 g/mol. The molecule has 3 N–H and O–H groups in total. The number of halogens is 2. The van der Waals surface area contributed by atoms with E-state index >= 15 is 0 Å². The molecule has 0 atom stereocenters. The number of unbranched alkanes of at least 4 members (excludes halogenated alkanes) is 4.